The Bertz CT molecular complexity index is 225. The van der Waals surface area contributed by atoms with Gasteiger partial charge in [-0.25, -0.2) is 0 Å². The molecular weight excluding hydrogens is 200 g/mol. The smallest absolute Gasteiger partial charge is 0.0935 e. The van der Waals surface area contributed by atoms with Gasteiger partial charge in [0.2, 0.25) is 0 Å². The summed E-state index contributed by atoms with van der Waals surface area (Å²) in [6.07, 6.45) is 8.74. The standard InChI is InChI=1S/C14H26O2/c1-3-11-5-4-6-13(9-11)14(15,10-16-2)12-7-8-12/h11-13,15H,3-10H2,1-2H3. The maximum absolute atomic E-state index is 10.9. The summed E-state index contributed by atoms with van der Waals surface area (Å²) in [6.45, 7) is 2.82. The molecule has 0 aromatic heterocycles. The van der Waals surface area contributed by atoms with Gasteiger partial charge in [-0.2, -0.15) is 0 Å². The zero-order valence-electron chi connectivity index (χ0n) is 10.7. The molecule has 2 aliphatic carbocycles. The van der Waals surface area contributed by atoms with E-state index in [0.29, 0.717) is 18.4 Å². The average molecular weight is 226 g/mol. The highest BCUT2D eigenvalue weighted by Crippen LogP contribution is 2.49. The summed E-state index contributed by atoms with van der Waals surface area (Å²) in [5.41, 5.74) is -0.511. The number of methoxy groups -OCH3 is 1. The maximum Gasteiger partial charge on any atom is 0.0935 e. The van der Waals surface area contributed by atoms with Crippen molar-refractivity contribution < 1.29 is 9.84 Å². The molecule has 0 amide bonds. The largest absolute Gasteiger partial charge is 0.387 e. The monoisotopic (exact) mass is 226 g/mol. The molecule has 2 saturated carbocycles. The van der Waals surface area contributed by atoms with Gasteiger partial charge in [-0.05, 0) is 43.4 Å². The number of hydrogen-bond donors (Lipinski definition) is 1. The minimum atomic E-state index is -0.511. The van der Waals surface area contributed by atoms with E-state index in [1.165, 1.54) is 44.9 Å². The van der Waals surface area contributed by atoms with Crippen LogP contribution in [0.1, 0.15) is 51.9 Å². The first kappa shape index (κ1) is 12.4. The second-order valence-corrected chi connectivity index (χ2v) is 5.84. The van der Waals surface area contributed by atoms with Crippen LogP contribution in [0.25, 0.3) is 0 Å². The molecular formula is C14H26O2. The number of hydrogen-bond acceptors (Lipinski definition) is 2. The summed E-state index contributed by atoms with van der Waals surface area (Å²) in [4.78, 5) is 0. The molecule has 1 N–H and O–H groups in total. The zero-order valence-corrected chi connectivity index (χ0v) is 10.7. The van der Waals surface area contributed by atoms with Crippen molar-refractivity contribution in [3.8, 4) is 0 Å². The van der Waals surface area contributed by atoms with Gasteiger partial charge in [0.25, 0.3) is 0 Å². The van der Waals surface area contributed by atoms with Crippen LogP contribution in [0.2, 0.25) is 0 Å². The first-order valence-corrected chi connectivity index (χ1v) is 6.92. The maximum atomic E-state index is 10.9. The highest BCUT2D eigenvalue weighted by atomic mass is 16.5. The summed E-state index contributed by atoms with van der Waals surface area (Å²) >= 11 is 0. The molecule has 3 atom stereocenters. The molecule has 0 bridgehead atoms. The molecule has 0 saturated heterocycles. The molecule has 0 aromatic carbocycles. The Morgan fingerprint density at radius 1 is 1.19 bits per heavy atom. The molecule has 0 aliphatic heterocycles. The second-order valence-electron chi connectivity index (χ2n) is 5.84. The Balaban J connectivity index is 2.01. The number of ether oxygens (including phenoxy) is 1. The van der Waals surface area contributed by atoms with Gasteiger partial charge in [0.15, 0.2) is 0 Å². The zero-order chi connectivity index (χ0) is 11.6. The van der Waals surface area contributed by atoms with Gasteiger partial charge in [0, 0.05) is 7.11 Å². The van der Waals surface area contributed by atoms with Gasteiger partial charge in [-0.3, -0.25) is 0 Å². The van der Waals surface area contributed by atoms with Gasteiger partial charge in [-0.15, -0.1) is 0 Å². The van der Waals surface area contributed by atoms with E-state index in [1.807, 2.05) is 0 Å². The van der Waals surface area contributed by atoms with Crippen molar-refractivity contribution in [2.75, 3.05) is 13.7 Å². The van der Waals surface area contributed by atoms with Crippen molar-refractivity contribution in [2.24, 2.45) is 17.8 Å². The number of rotatable bonds is 5. The highest BCUT2D eigenvalue weighted by molar-refractivity contribution is 5.00. The van der Waals surface area contributed by atoms with Crippen molar-refractivity contribution in [1.29, 1.82) is 0 Å². The summed E-state index contributed by atoms with van der Waals surface area (Å²) < 4.78 is 5.28. The van der Waals surface area contributed by atoms with Crippen molar-refractivity contribution in [3.05, 3.63) is 0 Å². The predicted molar refractivity (Wildman–Crippen MR) is 65.3 cm³/mol. The topological polar surface area (TPSA) is 29.5 Å². The molecule has 2 fully saturated rings. The van der Waals surface area contributed by atoms with Crippen molar-refractivity contribution in [2.45, 2.75) is 57.5 Å². The van der Waals surface area contributed by atoms with Crippen LogP contribution < -0.4 is 0 Å². The van der Waals surface area contributed by atoms with Crippen LogP contribution in [0.15, 0.2) is 0 Å². The molecule has 0 heterocycles. The Kier molecular flexibility index (Phi) is 3.91. The van der Waals surface area contributed by atoms with Crippen LogP contribution >= 0.6 is 0 Å². The van der Waals surface area contributed by atoms with Crippen LogP contribution in [0.4, 0.5) is 0 Å². The second kappa shape index (κ2) is 5.05. The Labute approximate surface area is 99.4 Å². The summed E-state index contributed by atoms with van der Waals surface area (Å²) in [5, 5.41) is 10.9. The predicted octanol–water partition coefficient (Wildman–Crippen LogP) is 2.99. The fraction of sp³-hybridized carbons (Fsp3) is 1.00. The van der Waals surface area contributed by atoms with E-state index in [9.17, 15) is 5.11 Å². The Hall–Kier alpha value is -0.0800. The van der Waals surface area contributed by atoms with E-state index >= 15 is 0 Å². The molecule has 16 heavy (non-hydrogen) atoms. The van der Waals surface area contributed by atoms with Gasteiger partial charge in [0.1, 0.15) is 0 Å². The Morgan fingerprint density at radius 3 is 2.50 bits per heavy atom. The minimum absolute atomic E-state index is 0.485. The van der Waals surface area contributed by atoms with E-state index in [1.54, 1.807) is 7.11 Å². The lowest BCUT2D eigenvalue weighted by Gasteiger charge is -2.41. The lowest BCUT2D eigenvalue weighted by atomic mass is 9.70. The van der Waals surface area contributed by atoms with Crippen molar-refractivity contribution >= 4 is 0 Å². The summed E-state index contributed by atoms with van der Waals surface area (Å²) in [6, 6.07) is 0. The molecule has 2 aliphatic rings. The average Bonchev–Trinajstić information content (AvgIpc) is 3.13. The van der Waals surface area contributed by atoms with Crippen LogP contribution in [0.3, 0.4) is 0 Å². The van der Waals surface area contributed by atoms with E-state index in [0.717, 1.165) is 5.92 Å². The van der Waals surface area contributed by atoms with E-state index in [2.05, 4.69) is 6.92 Å². The van der Waals surface area contributed by atoms with Crippen molar-refractivity contribution in [1.82, 2.24) is 0 Å². The van der Waals surface area contributed by atoms with Crippen LogP contribution in [-0.4, -0.2) is 24.4 Å². The molecule has 2 heteroatoms. The van der Waals surface area contributed by atoms with Crippen LogP contribution in [-0.2, 0) is 4.74 Å². The van der Waals surface area contributed by atoms with Crippen LogP contribution in [0.5, 0.6) is 0 Å². The molecule has 3 unspecified atom stereocenters. The van der Waals surface area contributed by atoms with Gasteiger partial charge in [-0.1, -0.05) is 26.2 Å². The molecule has 94 valence electrons. The lowest BCUT2D eigenvalue weighted by Crippen LogP contribution is -2.46. The third kappa shape index (κ3) is 2.43. The van der Waals surface area contributed by atoms with Crippen LogP contribution in [0, 0.1) is 17.8 Å². The highest BCUT2D eigenvalue weighted by Gasteiger charge is 2.49. The lowest BCUT2D eigenvalue weighted by molar-refractivity contribution is -0.105. The van der Waals surface area contributed by atoms with E-state index < -0.39 is 5.60 Å². The first-order valence-electron chi connectivity index (χ1n) is 6.92. The molecule has 0 aromatic rings. The van der Waals surface area contributed by atoms with Gasteiger partial charge >= 0.3 is 0 Å². The summed E-state index contributed by atoms with van der Waals surface area (Å²) in [5.74, 6) is 1.84. The Morgan fingerprint density at radius 2 is 1.94 bits per heavy atom. The van der Waals surface area contributed by atoms with Gasteiger partial charge in [0.05, 0.1) is 12.2 Å². The fourth-order valence-electron chi connectivity index (χ4n) is 3.50. The normalized spacial score (nSPS) is 34.7. The number of aliphatic hydroxyl groups is 1. The molecule has 2 rings (SSSR count). The first-order chi connectivity index (χ1) is 7.70. The van der Waals surface area contributed by atoms with E-state index in [-0.39, 0.29) is 0 Å². The van der Waals surface area contributed by atoms with E-state index in [4.69, 9.17) is 4.74 Å². The summed E-state index contributed by atoms with van der Waals surface area (Å²) in [7, 11) is 1.72. The fourth-order valence-corrected chi connectivity index (χ4v) is 3.50. The van der Waals surface area contributed by atoms with Gasteiger partial charge < -0.3 is 9.84 Å². The quantitative estimate of drug-likeness (QED) is 0.781. The minimum Gasteiger partial charge on any atom is -0.387 e. The third-order valence-corrected chi connectivity index (χ3v) is 4.73. The molecule has 2 nitrogen and oxygen atoms in total. The third-order valence-electron chi connectivity index (χ3n) is 4.73. The van der Waals surface area contributed by atoms with Crippen molar-refractivity contribution in [3.63, 3.8) is 0 Å². The SMILES string of the molecule is CCC1CCCC(C(O)(COC)C2CC2)C1. The molecule has 0 radical (unpaired) electrons. The molecule has 0 spiro atoms.